The first kappa shape index (κ1) is 13.3. The van der Waals surface area contributed by atoms with Gasteiger partial charge in [-0.15, -0.1) is 11.3 Å². The molecule has 1 saturated heterocycles. The molecule has 2 fully saturated rings. The molecule has 1 aromatic heterocycles. The van der Waals surface area contributed by atoms with Crippen LogP contribution in [0.2, 0.25) is 0 Å². The van der Waals surface area contributed by atoms with Crippen LogP contribution in [0.25, 0.3) is 10.2 Å². The predicted octanol–water partition coefficient (Wildman–Crippen LogP) is 2.94. The average molecular weight is 302 g/mol. The first-order valence-electron chi connectivity index (χ1n) is 7.93. The second-order valence-electron chi connectivity index (χ2n) is 6.16. The number of aromatic nitrogens is 1. The Hall–Kier alpha value is -1.33. The predicted molar refractivity (Wildman–Crippen MR) is 90.1 cm³/mol. The van der Waals surface area contributed by atoms with Crippen molar-refractivity contribution in [3.63, 3.8) is 0 Å². The Kier molecular flexibility index (Phi) is 3.47. The quantitative estimate of drug-likeness (QED) is 0.866. The number of piperazine rings is 1. The van der Waals surface area contributed by atoms with Gasteiger partial charge in [-0.05, 0) is 25.0 Å². The van der Waals surface area contributed by atoms with E-state index < -0.39 is 0 Å². The fraction of sp³-hybridized carbons (Fsp3) is 0.562. The summed E-state index contributed by atoms with van der Waals surface area (Å²) in [6.45, 7) is 4.49. The van der Waals surface area contributed by atoms with Crippen LogP contribution in [0.1, 0.15) is 25.7 Å². The zero-order valence-corrected chi connectivity index (χ0v) is 13.1. The summed E-state index contributed by atoms with van der Waals surface area (Å²) in [4.78, 5) is 9.52. The topological polar surface area (TPSA) is 45.4 Å². The lowest BCUT2D eigenvalue weighted by Crippen LogP contribution is -2.49. The molecule has 2 N–H and O–H groups in total. The molecule has 0 bridgehead atoms. The zero-order valence-electron chi connectivity index (χ0n) is 12.3. The van der Waals surface area contributed by atoms with Crippen molar-refractivity contribution in [1.82, 2.24) is 9.88 Å². The van der Waals surface area contributed by atoms with Gasteiger partial charge in [-0.1, -0.05) is 12.8 Å². The van der Waals surface area contributed by atoms with Gasteiger partial charge in [0.15, 0.2) is 0 Å². The molecule has 21 heavy (non-hydrogen) atoms. The molecule has 4 nitrogen and oxygen atoms in total. The third kappa shape index (κ3) is 2.38. The summed E-state index contributed by atoms with van der Waals surface area (Å²) >= 11 is 1.66. The Bertz CT molecular complexity index is 624. The van der Waals surface area contributed by atoms with Crippen LogP contribution in [-0.4, -0.2) is 42.1 Å². The van der Waals surface area contributed by atoms with E-state index in [2.05, 4.69) is 26.9 Å². The maximum Gasteiger partial charge on any atom is 0.106 e. The summed E-state index contributed by atoms with van der Waals surface area (Å²) in [5.41, 5.74) is 11.2. The summed E-state index contributed by atoms with van der Waals surface area (Å²) in [5, 5.41) is 0. The van der Waals surface area contributed by atoms with Gasteiger partial charge in [0.2, 0.25) is 0 Å². The minimum Gasteiger partial charge on any atom is -0.395 e. The highest BCUT2D eigenvalue weighted by Crippen LogP contribution is 2.33. The van der Waals surface area contributed by atoms with E-state index in [9.17, 15) is 0 Å². The summed E-state index contributed by atoms with van der Waals surface area (Å²) in [6.07, 6.45) is 5.62. The number of hydrogen-bond donors (Lipinski definition) is 1. The standard InChI is InChI=1S/C16H22N4S/c17-15-13(5-6-14-16(15)18-11-21-14)20-9-7-19(8-10-20)12-3-1-2-4-12/h5-6,11-12H,1-4,7-10,17H2. The van der Waals surface area contributed by atoms with Gasteiger partial charge in [0.05, 0.1) is 21.6 Å². The third-order valence-electron chi connectivity index (χ3n) is 5.01. The van der Waals surface area contributed by atoms with Gasteiger partial charge < -0.3 is 10.6 Å². The van der Waals surface area contributed by atoms with Crippen LogP contribution in [0, 0.1) is 0 Å². The van der Waals surface area contributed by atoms with E-state index in [4.69, 9.17) is 5.73 Å². The number of nitrogen functional groups attached to an aromatic ring is 1. The summed E-state index contributed by atoms with van der Waals surface area (Å²) < 4.78 is 1.18. The maximum absolute atomic E-state index is 6.34. The lowest BCUT2D eigenvalue weighted by Gasteiger charge is -2.39. The molecule has 1 aliphatic carbocycles. The van der Waals surface area contributed by atoms with Gasteiger partial charge >= 0.3 is 0 Å². The van der Waals surface area contributed by atoms with Crippen LogP contribution < -0.4 is 10.6 Å². The van der Waals surface area contributed by atoms with E-state index in [1.54, 1.807) is 11.3 Å². The lowest BCUT2D eigenvalue weighted by atomic mass is 10.1. The van der Waals surface area contributed by atoms with Gasteiger partial charge in [-0.2, -0.15) is 0 Å². The number of rotatable bonds is 2. The number of nitrogens with two attached hydrogens (primary N) is 1. The SMILES string of the molecule is Nc1c(N2CCN(C3CCCC3)CC2)ccc2scnc12. The van der Waals surface area contributed by atoms with Crippen molar-refractivity contribution in [2.75, 3.05) is 36.8 Å². The summed E-state index contributed by atoms with van der Waals surface area (Å²) in [6, 6.07) is 5.16. The first-order chi connectivity index (χ1) is 10.3. The molecule has 1 aromatic carbocycles. The van der Waals surface area contributed by atoms with Gasteiger partial charge in [-0.25, -0.2) is 4.98 Å². The van der Waals surface area contributed by atoms with E-state index in [-0.39, 0.29) is 0 Å². The molecule has 1 aliphatic heterocycles. The van der Waals surface area contributed by atoms with Crippen molar-refractivity contribution in [3.8, 4) is 0 Å². The van der Waals surface area contributed by atoms with E-state index >= 15 is 0 Å². The molecule has 4 rings (SSSR count). The number of benzene rings is 1. The second kappa shape index (κ2) is 5.46. The molecule has 0 unspecified atom stereocenters. The average Bonchev–Trinajstić information content (AvgIpc) is 3.20. The largest absolute Gasteiger partial charge is 0.395 e. The van der Waals surface area contributed by atoms with Crippen LogP contribution >= 0.6 is 11.3 Å². The van der Waals surface area contributed by atoms with Crippen molar-refractivity contribution in [2.24, 2.45) is 0 Å². The van der Waals surface area contributed by atoms with E-state index in [0.29, 0.717) is 0 Å². The van der Waals surface area contributed by atoms with E-state index in [1.165, 1.54) is 49.2 Å². The number of thiazole rings is 1. The van der Waals surface area contributed by atoms with Crippen LogP contribution in [0.15, 0.2) is 17.6 Å². The lowest BCUT2D eigenvalue weighted by molar-refractivity contribution is 0.187. The van der Waals surface area contributed by atoms with Crippen LogP contribution in [0.3, 0.4) is 0 Å². The van der Waals surface area contributed by atoms with Gasteiger partial charge in [-0.3, -0.25) is 4.90 Å². The number of hydrogen-bond acceptors (Lipinski definition) is 5. The molecular formula is C16H22N4S. The Balaban J connectivity index is 1.50. The van der Waals surface area contributed by atoms with E-state index in [1.807, 2.05) is 5.51 Å². The van der Waals surface area contributed by atoms with E-state index in [0.717, 1.165) is 30.3 Å². The third-order valence-corrected chi connectivity index (χ3v) is 5.81. The fourth-order valence-electron chi connectivity index (χ4n) is 3.81. The number of nitrogens with zero attached hydrogens (tertiary/aromatic N) is 3. The van der Waals surface area contributed by atoms with Crippen molar-refractivity contribution in [1.29, 1.82) is 0 Å². The molecular weight excluding hydrogens is 280 g/mol. The van der Waals surface area contributed by atoms with Crippen molar-refractivity contribution < 1.29 is 0 Å². The number of fused-ring (bicyclic) bond motifs is 1. The fourth-order valence-corrected chi connectivity index (χ4v) is 4.51. The second-order valence-corrected chi connectivity index (χ2v) is 7.05. The minimum absolute atomic E-state index is 0.838. The molecule has 5 heteroatoms. The van der Waals surface area contributed by atoms with Gasteiger partial charge in [0.25, 0.3) is 0 Å². The Labute approximate surface area is 129 Å². The highest BCUT2D eigenvalue weighted by Gasteiger charge is 2.27. The Morgan fingerprint density at radius 3 is 2.62 bits per heavy atom. The summed E-state index contributed by atoms with van der Waals surface area (Å²) in [7, 11) is 0. The Morgan fingerprint density at radius 2 is 1.86 bits per heavy atom. The molecule has 2 aliphatic rings. The minimum atomic E-state index is 0.838. The van der Waals surface area contributed by atoms with Crippen molar-refractivity contribution >= 4 is 32.9 Å². The highest BCUT2D eigenvalue weighted by molar-refractivity contribution is 7.16. The van der Waals surface area contributed by atoms with Crippen LogP contribution in [-0.2, 0) is 0 Å². The first-order valence-corrected chi connectivity index (χ1v) is 8.81. The summed E-state index contributed by atoms with van der Waals surface area (Å²) in [5.74, 6) is 0. The van der Waals surface area contributed by atoms with Crippen molar-refractivity contribution in [2.45, 2.75) is 31.7 Å². The van der Waals surface area contributed by atoms with Crippen LogP contribution in [0.4, 0.5) is 11.4 Å². The normalized spacial score (nSPS) is 21.4. The zero-order chi connectivity index (χ0) is 14.2. The van der Waals surface area contributed by atoms with Gasteiger partial charge in [0.1, 0.15) is 5.52 Å². The molecule has 0 atom stereocenters. The monoisotopic (exact) mass is 302 g/mol. The maximum atomic E-state index is 6.34. The molecule has 2 heterocycles. The molecule has 0 radical (unpaired) electrons. The van der Waals surface area contributed by atoms with Crippen molar-refractivity contribution in [3.05, 3.63) is 17.6 Å². The molecule has 0 amide bonds. The van der Waals surface area contributed by atoms with Gasteiger partial charge in [0, 0.05) is 32.2 Å². The molecule has 112 valence electrons. The highest BCUT2D eigenvalue weighted by atomic mass is 32.1. The molecule has 2 aromatic rings. The van der Waals surface area contributed by atoms with Crippen LogP contribution in [0.5, 0.6) is 0 Å². The Morgan fingerprint density at radius 1 is 1.10 bits per heavy atom. The molecule has 0 spiro atoms. The smallest absolute Gasteiger partial charge is 0.106 e. The number of anilines is 2. The molecule has 1 saturated carbocycles.